The minimum absolute atomic E-state index is 0.366. The predicted molar refractivity (Wildman–Crippen MR) is 64.1 cm³/mol. The molecule has 0 saturated carbocycles. The lowest BCUT2D eigenvalue weighted by Crippen LogP contribution is -2.26. The Morgan fingerprint density at radius 2 is 2.20 bits per heavy atom. The monoisotopic (exact) mass is 222 g/mol. The summed E-state index contributed by atoms with van der Waals surface area (Å²) in [4.78, 5) is 0. The van der Waals surface area contributed by atoms with Crippen molar-refractivity contribution in [3.63, 3.8) is 0 Å². The Kier molecular flexibility index (Phi) is 2.90. The van der Waals surface area contributed by atoms with E-state index in [1.165, 1.54) is 10.3 Å². The molecule has 1 aromatic heterocycles. The van der Waals surface area contributed by atoms with Gasteiger partial charge in [-0.1, -0.05) is 6.07 Å². The van der Waals surface area contributed by atoms with Crippen LogP contribution >= 0.6 is 11.3 Å². The number of rotatable bonds is 3. The highest BCUT2D eigenvalue weighted by atomic mass is 32.1. The summed E-state index contributed by atoms with van der Waals surface area (Å²) in [7, 11) is 1.83. The SMILES string of the molecule is CNNCc1csc2c(C)ccc(O)c12. The Hall–Kier alpha value is -1.10. The van der Waals surface area contributed by atoms with Crippen LogP contribution in [0, 0.1) is 6.92 Å². The summed E-state index contributed by atoms with van der Waals surface area (Å²) in [6.07, 6.45) is 0. The van der Waals surface area contributed by atoms with Crippen LogP contribution in [0.15, 0.2) is 17.5 Å². The normalized spacial score (nSPS) is 11.1. The van der Waals surface area contributed by atoms with E-state index in [9.17, 15) is 5.11 Å². The number of hydrogen-bond acceptors (Lipinski definition) is 4. The molecule has 3 N–H and O–H groups in total. The molecular formula is C11H14N2OS. The lowest BCUT2D eigenvalue weighted by Gasteiger charge is -2.03. The van der Waals surface area contributed by atoms with Gasteiger partial charge in [0.05, 0.1) is 0 Å². The van der Waals surface area contributed by atoms with Crippen molar-refractivity contribution in [2.75, 3.05) is 7.05 Å². The molecule has 15 heavy (non-hydrogen) atoms. The van der Waals surface area contributed by atoms with E-state index in [4.69, 9.17) is 0 Å². The number of phenols is 1. The number of aromatic hydroxyl groups is 1. The molecule has 80 valence electrons. The summed E-state index contributed by atoms with van der Waals surface area (Å²) in [5.41, 5.74) is 8.25. The second-order valence-corrected chi connectivity index (χ2v) is 4.35. The van der Waals surface area contributed by atoms with Crippen LogP contribution in [0.3, 0.4) is 0 Å². The minimum atomic E-state index is 0.366. The molecule has 0 aliphatic rings. The number of thiophene rings is 1. The van der Waals surface area contributed by atoms with Crippen molar-refractivity contribution in [3.8, 4) is 5.75 Å². The van der Waals surface area contributed by atoms with Crippen LogP contribution in [0.1, 0.15) is 11.1 Å². The van der Waals surface area contributed by atoms with Gasteiger partial charge in [0.25, 0.3) is 0 Å². The predicted octanol–water partition coefficient (Wildman–Crippen LogP) is 2.14. The van der Waals surface area contributed by atoms with Crippen molar-refractivity contribution in [3.05, 3.63) is 28.6 Å². The van der Waals surface area contributed by atoms with Gasteiger partial charge in [0.1, 0.15) is 5.75 Å². The van der Waals surface area contributed by atoms with Crippen molar-refractivity contribution in [1.82, 2.24) is 10.9 Å². The summed E-state index contributed by atoms with van der Waals surface area (Å²) in [5.74, 6) is 0.366. The molecule has 0 fully saturated rings. The maximum Gasteiger partial charge on any atom is 0.124 e. The highest BCUT2D eigenvalue weighted by Gasteiger charge is 2.09. The van der Waals surface area contributed by atoms with Crippen LogP contribution in [0.5, 0.6) is 5.75 Å². The second kappa shape index (κ2) is 4.18. The lowest BCUT2D eigenvalue weighted by molar-refractivity contribution is 0.481. The Bertz CT molecular complexity index is 479. The molecule has 0 bridgehead atoms. The third-order valence-corrected chi connectivity index (χ3v) is 3.59. The molecule has 0 amide bonds. The van der Waals surface area contributed by atoms with Crippen molar-refractivity contribution < 1.29 is 5.11 Å². The third kappa shape index (κ3) is 1.84. The van der Waals surface area contributed by atoms with Gasteiger partial charge in [-0.2, -0.15) is 0 Å². The Balaban J connectivity index is 2.53. The second-order valence-electron chi connectivity index (χ2n) is 3.47. The van der Waals surface area contributed by atoms with E-state index in [0.29, 0.717) is 12.3 Å². The first-order chi connectivity index (χ1) is 7.24. The average Bonchev–Trinajstić information content (AvgIpc) is 2.65. The van der Waals surface area contributed by atoms with Crippen LogP contribution in [0.4, 0.5) is 0 Å². The zero-order valence-electron chi connectivity index (χ0n) is 8.79. The molecule has 2 rings (SSSR count). The fourth-order valence-corrected chi connectivity index (χ4v) is 2.71. The number of hydrogen-bond donors (Lipinski definition) is 3. The summed E-state index contributed by atoms with van der Waals surface area (Å²) >= 11 is 1.68. The van der Waals surface area contributed by atoms with Crippen LogP contribution in [-0.4, -0.2) is 12.2 Å². The molecule has 0 spiro atoms. The molecule has 1 heterocycles. The van der Waals surface area contributed by atoms with Crippen molar-refractivity contribution in [2.45, 2.75) is 13.5 Å². The van der Waals surface area contributed by atoms with E-state index >= 15 is 0 Å². The van der Waals surface area contributed by atoms with Gasteiger partial charge >= 0.3 is 0 Å². The molecule has 0 unspecified atom stereocenters. The first-order valence-electron chi connectivity index (χ1n) is 4.82. The van der Waals surface area contributed by atoms with Crippen molar-refractivity contribution in [1.29, 1.82) is 0 Å². The van der Waals surface area contributed by atoms with Gasteiger partial charge in [0.2, 0.25) is 0 Å². The minimum Gasteiger partial charge on any atom is -0.507 e. The first-order valence-corrected chi connectivity index (χ1v) is 5.70. The van der Waals surface area contributed by atoms with Crippen LogP contribution in [-0.2, 0) is 6.54 Å². The highest BCUT2D eigenvalue weighted by Crippen LogP contribution is 2.35. The fraction of sp³-hybridized carbons (Fsp3) is 0.273. The molecule has 0 aliphatic heterocycles. The lowest BCUT2D eigenvalue weighted by atomic mass is 10.1. The van der Waals surface area contributed by atoms with Crippen LogP contribution in [0.25, 0.3) is 10.1 Å². The van der Waals surface area contributed by atoms with Gasteiger partial charge in [0.15, 0.2) is 0 Å². The standard InChI is InChI=1S/C11H14N2OS/c1-7-3-4-9(14)10-8(5-13-12-2)6-15-11(7)10/h3-4,6,12-14H,5H2,1-2H3. The number of hydrazine groups is 1. The molecule has 0 aliphatic carbocycles. The van der Waals surface area contributed by atoms with Crippen molar-refractivity contribution in [2.24, 2.45) is 0 Å². The first kappa shape index (κ1) is 10.4. The summed E-state index contributed by atoms with van der Waals surface area (Å²) in [5, 5.41) is 12.9. The molecule has 3 nitrogen and oxygen atoms in total. The molecule has 2 aromatic rings. The number of phenolic OH excluding ortho intramolecular Hbond substituents is 1. The number of benzene rings is 1. The Morgan fingerprint density at radius 1 is 1.40 bits per heavy atom. The molecular weight excluding hydrogens is 208 g/mol. The maximum atomic E-state index is 9.82. The highest BCUT2D eigenvalue weighted by molar-refractivity contribution is 7.17. The van der Waals surface area contributed by atoms with E-state index in [2.05, 4.69) is 23.2 Å². The number of nitrogens with one attached hydrogen (secondary N) is 2. The fourth-order valence-electron chi connectivity index (χ4n) is 1.64. The van der Waals surface area contributed by atoms with Crippen molar-refractivity contribution >= 4 is 21.4 Å². The maximum absolute atomic E-state index is 9.82. The number of aryl methyl sites for hydroxylation is 1. The molecule has 0 radical (unpaired) electrons. The molecule has 1 aromatic carbocycles. The topological polar surface area (TPSA) is 44.3 Å². The zero-order valence-corrected chi connectivity index (χ0v) is 9.61. The van der Waals surface area contributed by atoms with Gasteiger partial charge in [-0.15, -0.1) is 11.3 Å². The third-order valence-electron chi connectivity index (χ3n) is 2.43. The summed E-state index contributed by atoms with van der Waals surface area (Å²) < 4.78 is 1.17. The smallest absolute Gasteiger partial charge is 0.124 e. The van der Waals surface area contributed by atoms with Crippen LogP contribution < -0.4 is 10.9 Å². The molecule has 4 heteroatoms. The van der Waals surface area contributed by atoms with Gasteiger partial charge in [-0.3, -0.25) is 10.9 Å². The largest absolute Gasteiger partial charge is 0.507 e. The summed E-state index contributed by atoms with van der Waals surface area (Å²) in [6, 6.07) is 3.71. The van der Waals surface area contributed by atoms with Gasteiger partial charge < -0.3 is 5.11 Å². The van der Waals surface area contributed by atoms with E-state index in [1.807, 2.05) is 13.1 Å². The van der Waals surface area contributed by atoms with Crippen LogP contribution in [0.2, 0.25) is 0 Å². The van der Waals surface area contributed by atoms with Gasteiger partial charge in [0, 0.05) is 16.6 Å². The van der Waals surface area contributed by atoms with E-state index in [0.717, 1.165) is 10.9 Å². The van der Waals surface area contributed by atoms with Gasteiger partial charge in [-0.25, -0.2) is 0 Å². The molecule has 0 saturated heterocycles. The van der Waals surface area contributed by atoms with E-state index < -0.39 is 0 Å². The van der Waals surface area contributed by atoms with Gasteiger partial charge in [-0.05, 0) is 36.5 Å². The summed E-state index contributed by atoms with van der Waals surface area (Å²) in [6.45, 7) is 2.78. The Labute approximate surface area is 92.7 Å². The quantitative estimate of drug-likeness (QED) is 0.697. The molecule has 0 atom stereocenters. The Morgan fingerprint density at radius 3 is 2.93 bits per heavy atom. The number of fused-ring (bicyclic) bond motifs is 1. The van der Waals surface area contributed by atoms with E-state index in [-0.39, 0.29) is 0 Å². The average molecular weight is 222 g/mol. The van der Waals surface area contributed by atoms with E-state index in [1.54, 1.807) is 17.4 Å². The zero-order chi connectivity index (χ0) is 10.8.